The monoisotopic (exact) mass is 417 g/mol. The van der Waals surface area contributed by atoms with Crippen LogP contribution >= 0.6 is 0 Å². The predicted molar refractivity (Wildman–Crippen MR) is 113 cm³/mol. The number of nitrogens with zero attached hydrogens (tertiary/aromatic N) is 4. The third-order valence-electron chi connectivity index (χ3n) is 4.82. The van der Waals surface area contributed by atoms with E-state index >= 15 is 0 Å². The number of ether oxygens (including phenoxy) is 2. The van der Waals surface area contributed by atoms with E-state index in [1.54, 1.807) is 62.8 Å². The zero-order valence-corrected chi connectivity index (χ0v) is 16.9. The Morgan fingerprint density at radius 1 is 0.935 bits per heavy atom. The first-order valence-corrected chi connectivity index (χ1v) is 9.36. The van der Waals surface area contributed by atoms with E-state index < -0.39 is 0 Å². The van der Waals surface area contributed by atoms with E-state index in [9.17, 15) is 9.59 Å². The molecule has 0 unspecified atom stereocenters. The first-order valence-electron chi connectivity index (χ1n) is 9.36. The van der Waals surface area contributed by atoms with Gasteiger partial charge in [0.1, 0.15) is 11.5 Å². The first-order chi connectivity index (χ1) is 15.0. The van der Waals surface area contributed by atoms with Crippen LogP contribution in [0.15, 0.2) is 48.5 Å². The summed E-state index contributed by atoms with van der Waals surface area (Å²) in [6.45, 7) is 0. The lowest BCUT2D eigenvalue weighted by Gasteiger charge is -2.02. The fourth-order valence-corrected chi connectivity index (χ4v) is 3.17. The van der Waals surface area contributed by atoms with Gasteiger partial charge in [-0.2, -0.15) is 0 Å². The molecule has 9 heteroatoms. The topological polar surface area (TPSA) is 122 Å². The second kappa shape index (κ2) is 8.23. The summed E-state index contributed by atoms with van der Waals surface area (Å²) in [5, 5.41) is 8.08. The standard InChI is InChI=1S/C22H19N5O4/c1-30-15-7-3-13(4-8-15)19(28)11-17-18(27-21(23)25-26-22(27)24-17)12-20(29)14-5-9-16(31-2)10-6-14/h3-10,12H,11H2,1-2H3,(H2,23,25)/b18-12-. The summed E-state index contributed by atoms with van der Waals surface area (Å²) in [4.78, 5) is 30.0. The number of rotatable bonds is 7. The van der Waals surface area contributed by atoms with Crippen LogP contribution in [0.3, 0.4) is 0 Å². The minimum atomic E-state index is -0.275. The summed E-state index contributed by atoms with van der Waals surface area (Å²) in [6, 6.07) is 13.5. The maximum Gasteiger partial charge on any atom is 0.257 e. The maximum absolute atomic E-state index is 12.8. The van der Waals surface area contributed by atoms with E-state index in [0.29, 0.717) is 33.7 Å². The molecule has 0 bridgehead atoms. The third kappa shape index (κ3) is 3.93. The van der Waals surface area contributed by atoms with Crippen molar-refractivity contribution in [2.24, 2.45) is 0 Å². The fraction of sp³-hybridized carbons (Fsp3) is 0.136. The molecule has 0 saturated carbocycles. The van der Waals surface area contributed by atoms with E-state index in [1.807, 2.05) is 0 Å². The Morgan fingerprint density at radius 2 is 1.52 bits per heavy atom. The summed E-state index contributed by atoms with van der Waals surface area (Å²) in [7, 11) is 3.11. The van der Waals surface area contributed by atoms with Gasteiger partial charge >= 0.3 is 0 Å². The van der Waals surface area contributed by atoms with Gasteiger partial charge in [0, 0.05) is 17.2 Å². The number of ketones is 2. The summed E-state index contributed by atoms with van der Waals surface area (Å²) in [5.41, 5.74) is 7.26. The van der Waals surface area contributed by atoms with Crippen LogP contribution < -0.4 is 20.6 Å². The zero-order valence-electron chi connectivity index (χ0n) is 16.9. The van der Waals surface area contributed by atoms with Crippen LogP contribution in [0.5, 0.6) is 11.5 Å². The molecule has 4 aromatic rings. The Kier molecular flexibility index (Phi) is 5.31. The number of nitrogens with two attached hydrogens (primary N) is 1. The van der Waals surface area contributed by atoms with Crippen molar-refractivity contribution in [1.82, 2.24) is 19.6 Å². The van der Waals surface area contributed by atoms with Crippen LogP contribution in [0.4, 0.5) is 5.95 Å². The van der Waals surface area contributed by atoms with Gasteiger partial charge in [0.2, 0.25) is 5.95 Å². The number of carbonyl (C=O) groups is 2. The van der Waals surface area contributed by atoms with Gasteiger partial charge in [0.15, 0.2) is 11.6 Å². The summed E-state index contributed by atoms with van der Waals surface area (Å²) < 4.78 is 11.7. The number of hydrogen-bond acceptors (Lipinski definition) is 8. The number of anilines is 1. The molecule has 31 heavy (non-hydrogen) atoms. The highest BCUT2D eigenvalue weighted by atomic mass is 16.5. The van der Waals surface area contributed by atoms with Gasteiger partial charge in [-0.1, -0.05) is 0 Å². The molecule has 0 aliphatic carbocycles. The number of benzene rings is 2. The van der Waals surface area contributed by atoms with Crippen LogP contribution in [0.1, 0.15) is 26.4 Å². The molecular weight excluding hydrogens is 398 g/mol. The minimum Gasteiger partial charge on any atom is -0.497 e. The highest BCUT2D eigenvalue weighted by Crippen LogP contribution is 2.14. The highest BCUT2D eigenvalue weighted by Gasteiger charge is 2.17. The van der Waals surface area contributed by atoms with E-state index in [1.165, 1.54) is 10.5 Å². The van der Waals surface area contributed by atoms with Crippen molar-refractivity contribution in [1.29, 1.82) is 0 Å². The van der Waals surface area contributed by atoms with E-state index in [2.05, 4.69) is 15.2 Å². The molecule has 0 saturated heterocycles. The largest absolute Gasteiger partial charge is 0.497 e. The second-order valence-corrected chi connectivity index (χ2v) is 6.70. The maximum atomic E-state index is 12.8. The fourth-order valence-electron chi connectivity index (χ4n) is 3.17. The average molecular weight is 417 g/mol. The molecule has 156 valence electrons. The molecule has 0 aliphatic rings. The number of Topliss-reactive ketones (excluding diaryl/α,β-unsaturated/α-hetero) is 2. The van der Waals surface area contributed by atoms with E-state index in [-0.39, 0.29) is 29.7 Å². The Bertz CT molecular complexity index is 1310. The summed E-state index contributed by atoms with van der Waals surface area (Å²) in [5.74, 6) is 1.16. The van der Waals surface area contributed by atoms with E-state index in [0.717, 1.165) is 0 Å². The molecule has 2 aromatic heterocycles. The molecular formula is C22H19N5O4. The molecule has 2 N–H and O–H groups in total. The smallest absolute Gasteiger partial charge is 0.257 e. The van der Waals surface area contributed by atoms with Gasteiger partial charge in [0.05, 0.1) is 31.7 Å². The van der Waals surface area contributed by atoms with Gasteiger partial charge in [-0.15, -0.1) is 10.2 Å². The predicted octanol–water partition coefficient (Wildman–Crippen LogP) is 1.53. The molecule has 9 nitrogen and oxygen atoms in total. The van der Waals surface area contributed by atoms with Gasteiger partial charge in [0.25, 0.3) is 5.78 Å². The van der Waals surface area contributed by atoms with Crippen molar-refractivity contribution in [2.45, 2.75) is 6.42 Å². The molecule has 2 heterocycles. The van der Waals surface area contributed by atoms with Gasteiger partial charge in [-0.3, -0.25) is 9.59 Å². The Hall–Kier alpha value is -4.27. The molecule has 0 fully saturated rings. The van der Waals surface area contributed by atoms with Crippen LogP contribution in [0.25, 0.3) is 11.9 Å². The van der Waals surface area contributed by atoms with Crippen molar-refractivity contribution in [2.75, 3.05) is 20.0 Å². The Morgan fingerprint density at radius 3 is 2.10 bits per heavy atom. The van der Waals surface area contributed by atoms with Crippen molar-refractivity contribution in [3.05, 3.63) is 70.7 Å². The van der Waals surface area contributed by atoms with Crippen molar-refractivity contribution < 1.29 is 19.1 Å². The SMILES string of the molecule is COc1ccc(C(=O)/C=c2/c(CC(=O)c3ccc(OC)cc3)nc3nnc(N)n23)cc1. The number of aromatic nitrogens is 4. The minimum absolute atomic E-state index is 0.0309. The number of carbonyl (C=O) groups excluding carboxylic acids is 2. The number of fused-ring (bicyclic) bond motifs is 1. The Balaban J connectivity index is 1.72. The van der Waals surface area contributed by atoms with Crippen LogP contribution in [0, 0.1) is 0 Å². The van der Waals surface area contributed by atoms with Crippen LogP contribution in [0.2, 0.25) is 0 Å². The second-order valence-electron chi connectivity index (χ2n) is 6.70. The normalized spacial score (nSPS) is 11.6. The molecule has 0 spiro atoms. The lowest BCUT2D eigenvalue weighted by molar-refractivity contribution is 0.0990. The molecule has 0 amide bonds. The Labute approximate surface area is 177 Å². The zero-order chi connectivity index (χ0) is 22.0. The number of nitrogen functional groups attached to an aromatic ring is 1. The lowest BCUT2D eigenvalue weighted by atomic mass is 10.1. The molecule has 0 radical (unpaired) electrons. The lowest BCUT2D eigenvalue weighted by Crippen LogP contribution is -2.20. The third-order valence-corrected chi connectivity index (χ3v) is 4.82. The quantitative estimate of drug-likeness (QED) is 0.449. The van der Waals surface area contributed by atoms with Gasteiger partial charge < -0.3 is 15.2 Å². The van der Waals surface area contributed by atoms with Crippen LogP contribution in [-0.4, -0.2) is 45.4 Å². The van der Waals surface area contributed by atoms with Crippen LogP contribution in [-0.2, 0) is 6.42 Å². The van der Waals surface area contributed by atoms with Crippen molar-refractivity contribution >= 4 is 29.4 Å². The molecule has 0 aliphatic heterocycles. The first kappa shape index (κ1) is 20.0. The number of hydrogen-bond donors (Lipinski definition) is 1. The highest BCUT2D eigenvalue weighted by molar-refractivity contribution is 6.17. The number of imidazole rings is 1. The molecule has 2 aromatic carbocycles. The van der Waals surface area contributed by atoms with Crippen molar-refractivity contribution in [3.63, 3.8) is 0 Å². The molecule has 0 atom stereocenters. The average Bonchev–Trinajstić information content (AvgIpc) is 3.33. The van der Waals surface area contributed by atoms with Gasteiger partial charge in [-0.25, -0.2) is 9.38 Å². The number of methoxy groups -OCH3 is 2. The van der Waals surface area contributed by atoms with Gasteiger partial charge in [-0.05, 0) is 48.5 Å². The molecule has 4 rings (SSSR count). The summed E-state index contributed by atoms with van der Waals surface area (Å²) >= 11 is 0. The van der Waals surface area contributed by atoms with Crippen molar-refractivity contribution in [3.8, 4) is 11.5 Å². The van der Waals surface area contributed by atoms with E-state index in [4.69, 9.17) is 15.2 Å². The summed E-state index contributed by atoms with van der Waals surface area (Å²) in [6.07, 6.45) is 1.36.